The minimum Gasteiger partial charge on any atom is -0.458 e. The first-order chi connectivity index (χ1) is 9.10. The molecule has 1 N–H and O–H groups in total. The summed E-state index contributed by atoms with van der Waals surface area (Å²) in [5.74, 6) is 1.30. The van der Waals surface area contributed by atoms with Crippen molar-refractivity contribution in [2.45, 2.75) is 26.4 Å². The topological polar surface area (TPSA) is 36.6 Å². The van der Waals surface area contributed by atoms with E-state index in [0.717, 1.165) is 23.9 Å². The average molecular weight is 261 g/mol. The Balaban J connectivity index is 2.01. The number of hydrogen-bond acceptors (Lipinski definition) is 3. The van der Waals surface area contributed by atoms with Crippen molar-refractivity contribution in [2.24, 2.45) is 5.92 Å². The fourth-order valence-electron chi connectivity index (χ4n) is 2.29. The number of furan rings is 1. The number of aliphatic hydroxyl groups is 1. The van der Waals surface area contributed by atoms with Gasteiger partial charge < -0.3 is 14.4 Å². The van der Waals surface area contributed by atoms with Crippen molar-refractivity contribution in [1.82, 2.24) is 4.90 Å². The summed E-state index contributed by atoms with van der Waals surface area (Å²) in [5.41, 5.74) is 0.834. The Hall–Kier alpha value is -1.32. The number of fused-ring (bicyclic) bond motifs is 1. The minimum absolute atomic E-state index is 0.568. The van der Waals surface area contributed by atoms with Crippen LogP contribution in [0.4, 0.5) is 0 Å². The molecule has 0 radical (unpaired) electrons. The quantitative estimate of drug-likeness (QED) is 0.865. The van der Waals surface area contributed by atoms with Crippen LogP contribution in [0.3, 0.4) is 0 Å². The Kier molecular flexibility index (Phi) is 4.61. The molecule has 1 aromatic carbocycles. The van der Waals surface area contributed by atoms with Crippen molar-refractivity contribution < 1.29 is 9.52 Å². The SMILES string of the molecule is CCC(C)CN(C)CC(O)c1cc2ccccc2o1. The van der Waals surface area contributed by atoms with Gasteiger partial charge in [0.2, 0.25) is 0 Å². The van der Waals surface area contributed by atoms with E-state index in [9.17, 15) is 5.11 Å². The van der Waals surface area contributed by atoms with Gasteiger partial charge in [-0.25, -0.2) is 0 Å². The second kappa shape index (κ2) is 6.22. The van der Waals surface area contributed by atoms with E-state index in [4.69, 9.17) is 4.42 Å². The maximum Gasteiger partial charge on any atom is 0.135 e. The van der Waals surface area contributed by atoms with Crippen molar-refractivity contribution in [3.63, 3.8) is 0 Å². The molecule has 19 heavy (non-hydrogen) atoms. The molecule has 0 saturated carbocycles. The number of aliphatic hydroxyl groups excluding tert-OH is 1. The number of para-hydroxylation sites is 1. The van der Waals surface area contributed by atoms with Gasteiger partial charge in [0.1, 0.15) is 17.4 Å². The molecule has 0 aliphatic rings. The summed E-state index contributed by atoms with van der Waals surface area (Å²) < 4.78 is 5.69. The molecular formula is C16H23NO2. The third-order valence-corrected chi connectivity index (χ3v) is 3.58. The van der Waals surface area contributed by atoms with Crippen LogP contribution in [-0.2, 0) is 0 Å². The third kappa shape index (κ3) is 3.58. The summed E-state index contributed by atoms with van der Waals surface area (Å²) in [4.78, 5) is 2.16. The van der Waals surface area contributed by atoms with Gasteiger partial charge in [-0.15, -0.1) is 0 Å². The van der Waals surface area contributed by atoms with E-state index >= 15 is 0 Å². The minimum atomic E-state index is -0.568. The largest absolute Gasteiger partial charge is 0.458 e. The Bertz CT molecular complexity index is 487. The van der Waals surface area contributed by atoms with Gasteiger partial charge in [0.25, 0.3) is 0 Å². The third-order valence-electron chi connectivity index (χ3n) is 3.58. The lowest BCUT2D eigenvalue weighted by atomic mass is 10.1. The smallest absolute Gasteiger partial charge is 0.135 e. The van der Waals surface area contributed by atoms with E-state index in [2.05, 4.69) is 18.7 Å². The van der Waals surface area contributed by atoms with Gasteiger partial charge >= 0.3 is 0 Å². The normalized spacial score (nSPS) is 15.0. The molecule has 0 fully saturated rings. The Morgan fingerprint density at radius 1 is 1.26 bits per heavy atom. The van der Waals surface area contributed by atoms with Crippen molar-refractivity contribution in [2.75, 3.05) is 20.1 Å². The zero-order valence-corrected chi connectivity index (χ0v) is 12.0. The van der Waals surface area contributed by atoms with Gasteiger partial charge in [0.15, 0.2) is 0 Å². The standard InChI is InChI=1S/C16H23NO2/c1-4-12(2)10-17(3)11-14(18)16-9-13-7-5-6-8-15(13)19-16/h5-9,12,14,18H,4,10-11H2,1-3H3. The van der Waals surface area contributed by atoms with Gasteiger partial charge in [-0.2, -0.15) is 0 Å². The van der Waals surface area contributed by atoms with Crippen LogP contribution in [0.25, 0.3) is 11.0 Å². The second-order valence-corrected chi connectivity index (χ2v) is 5.44. The lowest BCUT2D eigenvalue weighted by Gasteiger charge is -2.22. The highest BCUT2D eigenvalue weighted by molar-refractivity contribution is 5.77. The molecule has 0 bridgehead atoms. The lowest BCUT2D eigenvalue weighted by molar-refractivity contribution is 0.101. The molecule has 2 unspecified atom stereocenters. The van der Waals surface area contributed by atoms with Crippen LogP contribution < -0.4 is 0 Å². The van der Waals surface area contributed by atoms with Crippen LogP contribution in [0.1, 0.15) is 32.1 Å². The molecular weight excluding hydrogens is 238 g/mol. The number of nitrogens with zero attached hydrogens (tertiary/aromatic N) is 1. The van der Waals surface area contributed by atoms with Crippen molar-refractivity contribution in [1.29, 1.82) is 0 Å². The molecule has 2 atom stereocenters. The van der Waals surface area contributed by atoms with Gasteiger partial charge in [0.05, 0.1) is 0 Å². The highest BCUT2D eigenvalue weighted by atomic mass is 16.4. The Morgan fingerprint density at radius 3 is 2.68 bits per heavy atom. The predicted octanol–water partition coefficient (Wildman–Crippen LogP) is 3.44. The van der Waals surface area contributed by atoms with Crippen LogP contribution >= 0.6 is 0 Å². The summed E-state index contributed by atoms with van der Waals surface area (Å²) in [7, 11) is 2.04. The molecule has 1 aromatic heterocycles. The Labute approximate surface area is 114 Å². The van der Waals surface area contributed by atoms with Gasteiger partial charge in [-0.05, 0) is 25.1 Å². The first-order valence-corrected chi connectivity index (χ1v) is 6.95. The highest BCUT2D eigenvalue weighted by Gasteiger charge is 2.16. The molecule has 0 amide bonds. The fraction of sp³-hybridized carbons (Fsp3) is 0.500. The van der Waals surface area contributed by atoms with E-state index in [1.54, 1.807) is 0 Å². The zero-order valence-electron chi connectivity index (χ0n) is 12.0. The summed E-state index contributed by atoms with van der Waals surface area (Å²) in [5, 5.41) is 11.3. The molecule has 3 nitrogen and oxygen atoms in total. The van der Waals surface area contributed by atoms with Gasteiger partial charge in [-0.3, -0.25) is 0 Å². The van der Waals surface area contributed by atoms with Gasteiger partial charge in [0, 0.05) is 18.5 Å². The maximum absolute atomic E-state index is 10.2. The molecule has 104 valence electrons. The number of rotatable bonds is 6. The summed E-state index contributed by atoms with van der Waals surface area (Å²) in [6.45, 7) is 6.01. The summed E-state index contributed by atoms with van der Waals surface area (Å²) in [6.07, 6.45) is 0.590. The molecule has 2 aromatic rings. The summed E-state index contributed by atoms with van der Waals surface area (Å²) >= 11 is 0. The fourth-order valence-corrected chi connectivity index (χ4v) is 2.29. The average Bonchev–Trinajstić information content (AvgIpc) is 2.82. The van der Waals surface area contributed by atoms with E-state index in [1.807, 2.05) is 37.4 Å². The number of likely N-dealkylation sites (N-methyl/N-ethyl adjacent to an activating group) is 1. The van der Waals surface area contributed by atoms with Crippen molar-refractivity contribution in [3.8, 4) is 0 Å². The first kappa shape index (κ1) is 14.1. The molecule has 3 heteroatoms. The second-order valence-electron chi connectivity index (χ2n) is 5.44. The van der Waals surface area contributed by atoms with Crippen LogP contribution in [0.5, 0.6) is 0 Å². The van der Waals surface area contributed by atoms with E-state index < -0.39 is 6.10 Å². The van der Waals surface area contributed by atoms with Gasteiger partial charge in [-0.1, -0.05) is 38.5 Å². The molecule has 0 saturated heterocycles. The predicted molar refractivity (Wildman–Crippen MR) is 78.1 cm³/mol. The van der Waals surface area contributed by atoms with Crippen LogP contribution in [0.2, 0.25) is 0 Å². The monoisotopic (exact) mass is 261 g/mol. The molecule has 0 aliphatic carbocycles. The van der Waals surface area contributed by atoms with Crippen molar-refractivity contribution in [3.05, 3.63) is 36.1 Å². The number of hydrogen-bond donors (Lipinski definition) is 1. The van der Waals surface area contributed by atoms with E-state index in [-0.39, 0.29) is 0 Å². The molecule has 2 rings (SSSR count). The van der Waals surface area contributed by atoms with Crippen LogP contribution in [0, 0.1) is 5.92 Å². The summed E-state index contributed by atoms with van der Waals surface area (Å²) in [6, 6.07) is 9.77. The lowest BCUT2D eigenvalue weighted by Crippen LogP contribution is -2.28. The number of benzene rings is 1. The molecule has 0 aliphatic heterocycles. The van der Waals surface area contributed by atoms with E-state index in [0.29, 0.717) is 18.2 Å². The van der Waals surface area contributed by atoms with Crippen LogP contribution in [0.15, 0.2) is 34.7 Å². The van der Waals surface area contributed by atoms with E-state index in [1.165, 1.54) is 0 Å². The molecule has 0 spiro atoms. The van der Waals surface area contributed by atoms with Crippen molar-refractivity contribution >= 4 is 11.0 Å². The van der Waals surface area contributed by atoms with Crippen LogP contribution in [-0.4, -0.2) is 30.1 Å². The highest BCUT2D eigenvalue weighted by Crippen LogP contribution is 2.24. The molecule has 1 heterocycles. The zero-order chi connectivity index (χ0) is 13.8. The Morgan fingerprint density at radius 2 is 2.00 bits per heavy atom. The maximum atomic E-state index is 10.2. The first-order valence-electron chi connectivity index (χ1n) is 6.95.